The van der Waals surface area contributed by atoms with Gasteiger partial charge >= 0.3 is 5.97 Å². The van der Waals surface area contributed by atoms with Gasteiger partial charge in [-0.3, -0.25) is 4.79 Å². The number of aliphatic hydroxyl groups excluding tert-OH is 1. The Morgan fingerprint density at radius 1 is 1.07 bits per heavy atom. The molecule has 1 amide bonds. The van der Waals surface area contributed by atoms with Gasteiger partial charge in [0.25, 0.3) is 5.91 Å². The SMILES string of the molecule is O=C(OCC(=O)N(c1ccccc1)[C@@H]1CCS(=O)(=O)C1)[C@H](O)c1ccccc1. The number of para-hydroxylation sites is 1. The lowest BCUT2D eigenvalue weighted by Gasteiger charge is -2.28. The van der Waals surface area contributed by atoms with Crippen LogP contribution in [0.15, 0.2) is 60.7 Å². The van der Waals surface area contributed by atoms with Crippen molar-refractivity contribution in [3.63, 3.8) is 0 Å². The van der Waals surface area contributed by atoms with E-state index in [1.807, 2.05) is 0 Å². The Morgan fingerprint density at radius 2 is 1.68 bits per heavy atom. The molecule has 1 aliphatic heterocycles. The summed E-state index contributed by atoms with van der Waals surface area (Å²) in [6.07, 6.45) is -1.17. The molecule has 1 fully saturated rings. The molecule has 2 aromatic rings. The van der Waals surface area contributed by atoms with Crippen LogP contribution in [0.5, 0.6) is 0 Å². The van der Waals surface area contributed by atoms with E-state index in [1.54, 1.807) is 60.7 Å². The smallest absolute Gasteiger partial charge is 0.340 e. The van der Waals surface area contributed by atoms with Crippen LogP contribution >= 0.6 is 0 Å². The second kappa shape index (κ2) is 8.53. The second-order valence-electron chi connectivity index (χ2n) is 6.58. The van der Waals surface area contributed by atoms with Crippen LogP contribution in [-0.2, 0) is 24.2 Å². The minimum absolute atomic E-state index is 0.0147. The number of ether oxygens (including phenoxy) is 1. The molecule has 2 atom stereocenters. The van der Waals surface area contributed by atoms with Gasteiger partial charge < -0.3 is 14.7 Å². The summed E-state index contributed by atoms with van der Waals surface area (Å²) >= 11 is 0. The molecule has 0 unspecified atom stereocenters. The lowest BCUT2D eigenvalue weighted by atomic mass is 10.1. The Bertz CT molecular complexity index is 930. The first-order valence-electron chi connectivity index (χ1n) is 8.84. The van der Waals surface area contributed by atoms with Gasteiger partial charge in [0.2, 0.25) is 0 Å². The fourth-order valence-corrected chi connectivity index (χ4v) is 4.88. The lowest BCUT2D eigenvalue weighted by Crippen LogP contribution is -2.43. The molecule has 1 N–H and O–H groups in total. The average molecular weight is 403 g/mol. The molecule has 0 spiro atoms. The summed E-state index contributed by atoms with van der Waals surface area (Å²) in [6.45, 7) is -0.589. The van der Waals surface area contributed by atoms with E-state index in [9.17, 15) is 23.1 Å². The molecule has 0 bridgehead atoms. The molecular weight excluding hydrogens is 382 g/mol. The standard InChI is InChI=1S/C20H21NO6S/c22-18(13-27-20(24)19(23)15-7-3-1-4-8-15)21(16-9-5-2-6-10-16)17-11-12-28(25,26)14-17/h1-10,17,19,23H,11-14H2/t17-,19-/m1/s1. The van der Waals surface area contributed by atoms with E-state index < -0.39 is 40.5 Å². The molecule has 8 heteroatoms. The average Bonchev–Trinajstić information content (AvgIpc) is 3.06. The minimum Gasteiger partial charge on any atom is -0.453 e. The number of hydrogen-bond donors (Lipinski definition) is 1. The van der Waals surface area contributed by atoms with Crippen molar-refractivity contribution in [2.75, 3.05) is 23.0 Å². The normalized spacial score (nSPS) is 19.0. The molecule has 2 aromatic carbocycles. The zero-order valence-electron chi connectivity index (χ0n) is 15.1. The predicted molar refractivity (Wildman–Crippen MR) is 103 cm³/mol. The zero-order chi connectivity index (χ0) is 20.1. The highest BCUT2D eigenvalue weighted by molar-refractivity contribution is 7.91. The lowest BCUT2D eigenvalue weighted by molar-refractivity contribution is -0.156. The van der Waals surface area contributed by atoms with Crippen molar-refractivity contribution in [2.24, 2.45) is 0 Å². The fraction of sp³-hybridized carbons (Fsp3) is 0.300. The first-order valence-corrected chi connectivity index (χ1v) is 10.7. The van der Waals surface area contributed by atoms with Crippen LogP contribution in [0, 0.1) is 0 Å². The summed E-state index contributed by atoms with van der Waals surface area (Å²) in [5.74, 6) is -1.59. The van der Waals surface area contributed by atoms with Crippen LogP contribution in [0.25, 0.3) is 0 Å². The van der Waals surface area contributed by atoms with E-state index in [0.29, 0.717) is 17.7 Å². The highest BCUT2D eigenvalue weighted by Gasteiger charge is 2.36. The number of benzene rings is 2. The van der Waals surface area contributed by atoms with Crippen LogP contribution in [0.2, 0.25) is 0 Å². The minimum atomic E-state index is -3.20. The molecule has 28 heavy (non-hydrogen) atoms. The van der Waals surface area contributed by atoms with E-state index in [-0.39, 0.29) is 11.5 Å². The van der Waals surface area contributed by atoms with Gasteiger partial charge in [-0.1, -0.05) is 48.5 Å². The Morgan fingerprint density at radius 3 is 2.25 bits per heavy atom. The number of rotatable bonds is 6. The Balaban J connectivity index is 1.70. The monoisotopic (exact) mass is 403 g/mol. The predicted octanol–water partition coefficient (Wildman–Crippen LogP) is 1.48. The molecule has 0 saturated carbocycles. The quantitative estimate of drug-likeness (QED) is 0.734. The van der Waals surface area contributed by atoms with Gasteiger partial charge in [-0.05, 0) is 24.1 Å². The Kier molecular flexibility index (Phi) is 6.11. The molecule has 0 aliphatic carbocycles. The van der Waals surface area contributed by atoms with Crippen molar-refractivity contribution < 1.29 is 27.9 Å². The second-order valence-corrected chi connectivity index (χ2v) is 8.81. The van der Waals surface area contributed by atoms with Crippen LogP contribution in [0.4, 0.5) is 5.69 Å². The number of sulfone groups is 1. The van der Waals surface area contributed by atoms with Gasteiger partial charge in [-0.25, -0.2) is 13.2 Å². The topological polar surface area (TPSA) is 101 Å². The number of anilines is 1. The van der Waals surface area contributed by atoms with Gasteiger partial charge in [-0.2, -0.15) is 0 Å². The molecule has 1 saturated heterocycles. The van der Waals surface area contributed by atoms with Gasteiger partial charge in [0.1, 0.15) is 0 Å². The zero-order valence-corrected chi connectivity index (χ0v) is 15.9. The molecule has 1 heterocycles. The van der Waals surface area contributed by atoms with Crippen LogP contribution < -0.4 is 4.90 Å². The fourth-order valence-electron chi connectivity index (χ4n) is 3.18. The number of aliphatic hydroxyl groups is 1. The van der Waals surface area contributed by atoms with E-state index in [1.165, 1.54) is 4.90 Å². The number of nitrogens with zero attached hydrogens (tertiary/aromatic N) is 1. The Labute approximate surface area is 163 Å². The van der Waals surface area contributed by atoms with Crippen LogP contribution in [-0.4, -0.2) is 49.6 Å². The van der Waals surface area contributed by atoms with E-state index in [2.05, 4.69) is 0 Å². The first-order chi connectivity index (χ1) is 13.4. The summed E-state index contributed by atoms with van der Waals surface area (Å²) in [5, 5.41) is 10.1. The van der Waals surface area contributed by atoms with Crippen LogP contribution in [0.3, 0.4) is 0 Å². The van der Waals surface area contributed by atoms with Gasteiger partial charge in [0.15, 0.2) is 22.5 Å². The van der Waals surface area contributed by atoms with Crippen molar-refractivity contribution in [1.29, 1.82) is 0 Å². The molecule has 0 aromatic heterocycles. The number of carbonyl (C=O) groups is 2. The number of esters is 1. The molecule has 7 nitrogen and oxygen atoms in total. The third-order valence-electron chi connectivity index (χ3n) is 4.55. The highest BCUT2D eigenvalue weighted by Crippen LogP contribution is 2.25. The van der Waals surface area contributed by atoms with E-state index in [0.717, 1.165) is 0 Å². The largest absolute Gasteiger partial charge is 0.453 e. The van der Waals surface area contributed by atoms with Crippen LogP contribution in [0.1, 0.15) is 18.1 Å². The third-order valence-corrected chi connectivity index (χ3v) is 6.30. The van der Waals surface area contributed by atoms with Crippen molar-refractivity contribution in [2.45, 2.75) is 18.6 Å². The number of amides is 1. The number of hydrogen-bond acceptors (Lipinski definition) is 6. The van der Waals surface area contributed by atoms with Crippen molar-refractivity contribution >= 4 is 27.4 Å². The summed E-state index contributed by atoms with van der Waals surface area (Å²) in [7, 11) is -3.20. The third kappa shape index (κ3) is 4.76. The van der Waals surface area contributed by atoms with Crippen molar-refractivity contribution in [3.05, 3.63) is 66.2 Å². The Hall–Kier alpha value is -2.71. The maximum atomic E-state index is 12.8. The van der Waals surface area contributed by atoms with E-state index >= 15 is 0 Å². The first kappa shape index (κ1) is 20.0. The summed E-state index contributed by atoms with van der Waals surface area (Å²) in [5.41, 5.74) is 0.899. The summed E-state index contributed by atoms with van der Waals surface area (Å²) in [4.78, 5) is 26.2. The van der Waals surface area contributed by atoms with Crippen molar-refractivity contribution in [1.82, 2.24) is 0 Å². The van der Waals surface area contributed by atoms with Gasteiger partial charge in [-0.15, -0.1) is 0 Å². The van der Waals surface area contributed by atoms with Crippen molar-refractivity contribution in [3.8, 4) is 0 Å². The highest BCUT2D eigenvalue weighted by atomic mass is 32.2. The van der Waals surface area contributed by atoms with Gasteiger partial charge in [0, 0.05) is 5.69 Å². The molecule has 148 valence electrons. The maximum absolute atomic E-state index is 12.8. The number of carbonyl (C=O) groups excluding carboxylic acids is 2. The van der Waals surface area contributed by atoms with Gasteiger partial charge in [0.05, 0.1) is 17.5 Å². The molecular formula is C20H21NO6S. The molecule has 3 rings (SSSR count). The molecule has 1 aliphatic rings. The van der Waals surface area contributed by atoms with E-state index in [4.69, 9.17) is 4.74 Å². The summed E-state index contributed by atoms with van der Waals surface area (Å²) < 4.78 is 28.7. The maximum Gasteiger partial charge on any atom is 0.340 e. The summed E-state index contributed by atoms with van der Waals surface area (Å²) in [6, 6.07) is 16.4. The molecule has 0 radical (unpaired) electrons.